The van der Waals surface area contributed by atoms with Crippen molar-refractivity contribution in [1.82, 2.24) is 9.69 Å². The molecule has 0 fully saturated rings. The zero-order chi connectivity index (χ0) is 17.6. The molecule has 0 unspecified atom stereocenters. The molecule has 2 aromatic heterocycles. The van der Waals surface area contributed by atoms with Crippen LogP contribution in [0.1, 0.15) is 30.6 Å². The summed E-state index contributed by atoms with van der Waals surface area (Å²) >= 11 is 2.61. The quantitative estimate of drug-likeness (QED) is 0.742. The van der Waals surface area contributed by atoms with Crippen LogP contribution < -0.4 is 5.32 Å². The van der Waals surface area contributed by atoms with Crippen LogP contribution in [0.25, 0.3) is 10.1 Å². The van der Waals surface area contributed by atoms with Gasteiger partial charge >= 0.3 is 0 Å². The Balaban J connectivity index is 1.56. The van der Waals surface area contributed by atoms with Crippen molar-refractivity contribution in [2.75, 3.05) is 0 Å². The minimum atomic E-state index is -3.27. The highest BCUT2D eigenvalue weighted by Crippen LogP contribution is 2.39. The Bertz CT molecular complexity index is 1050. The van der Waals surface area contributed by atoms with Crippen molar-refractivity contribution in [2.24, 2.45) is 0 Å². The van der Waals surface area contributed by atoms with E-state index in [0.717, 1.165) is 15.8 Å². The largest absolute Gasteiger partial charge is 0.349 e. The maximum Gasteiger partial charge on any atom is 0.226 e. The number of fused-ring (bicyclic) bond motifs is 2. The summed E-state index contributed by atoms with van der Waals surface area (Å²) in [5.74, 6) is -0.135. The second-order valence-electron chi connectivity index (χ2n) is 6.18. The fourth-order valence-corrected chi connectivity index (χ4v) is 7.19. The lowest BCUT2D eigenvalue weighted by atomic mass is 10.0. The highest BCUT2D eigenvalue weighted by Gasteiger charge is 2.37. The summed E-state index contributed by atoms with van der Waals surface area (Å²) < 4.78 is 30.6. The van der Waals surface area contributed by atoms with Gasteiger partial charge in [-0.15, -0.1) is 11.3 Å². The van der Waals surface area contributed by atoms with Gasteiger partial charge in [-0.1, -0.05) is 18.2 Å². The van der Waals surface area contributed by atoms with Gasteiger partial charge in [-0.3, -0.25) is 4.79 Å². The van der Waals surface area contributed by atoms with Gasteiger partial charge < -0.3 is 5.32 Å². The Labute approximate surface area is 153 Å². The lowest BCUT2D eigenvalue weighted by Gasteiger charge is -2.27. The predicted molar refractivity (Wildman–Crippen MR) is 99.8 cm³/mol. The lowest BCUT2D eigenvalue weighted by Crippen LogP contribution is -2.37. The molecule has 130 valence electrons. The molecule has 5 nitrogen and oxygen atoms in total. The molecule has 3 heterocycles. The number of carbonyl (C=O) groups is 1. The van der Waals surface area contributed by atoms with Crippen molar-refractivity contribution in [3.05, 3.63) is 47.0 Å². The summed E-state index contributed by atoms with van der Waals surface area (Å²) in [4.78, 5) is 12.5. The molecule has 0 bridgehead atoms. The first-order chi connectivity index (χ1) is 12.0. The van der Waals surface area contributed by atoms with Crippen molar-refractivity contribution in [2.45, 2.75) is 35.3 Å². The van der Waals surface area contributed by atoms with Crippen molar-refractivity contribution in [1.29, 1.82) is 0 Å². The molecule has 0 saturated heterocycles. The first-order valence-corrected chi connectivity index (χ1v) is 11.1. The molecule has 4 rings (SSSR count). The van der Waals surface area contributed by atoms with E-state index in [0.29, 0.717) is 16.2 Å². The number of aromatic nitrogens is 1. The van der Waals surface area contributed by atoms with E-state index in [1.165, 1.54) is 22.9 Å². The van der Waals surface area contributed by atoms with E-state index < -0.39 is 15.1 Å². The van der Waals surface area contributed by atoms with E-state index in [4.69, 9.17) is 0 Å². The summed E-state index contributed by atoms with van der Waals surface area (Å²) in [6, 6.07) is 9.37. The van der Waals surface area contributed by atoms with Gasteiger partial charge in [0.2, 0.25) is 5.91 Å². The summed E-state index contributed by atoms with van der Waals surface area (Å²) in [5, 5.41) is 5.27. The maximum atomic E-state index is 12.5. The van der Waals surface area contributed by atoms with Crippen LogP contribution >= 0.6 is 22.9 Å². The number of amides is 1. The van der Waals surface area contributed by atoms with Crippen molar-refractivity contribution in [3.63, 3.8) is 0 Å². The number of carbonyl (C=O) groups excluding carboxylic acids is 1. The minimum absolute atomic E-state index is 0.135. The lowest BCUT2D eigenvalue weighted by molar-refractivity contribution is -0.121. The van der Waals surface area contributed by atoms with Crippen LogP contribution in [0.15, 0.2) is 39.9 Å². The Morgan fingerprint density at radius 1 is 1.32 bits per heavy atom. The molecular weight excluding hydrogens is 376 g/mol. The predicted octanol–water partition coefficient (Wildman–Crippen LogP) is 3.32. The van der Waals surface area contributed by atoms with Gasteiger partial charge in [0, 0.05) is 10.9 Å². The van der Waals surface area contributed by atoms with Crippen LogP contribution in [-0.2, 0) is 21.1 Å². The first-order valence-electron chi connectivity index (χ1n) is 7.91. The fourth-order valence-electron chi connectivity index (χ4n) is 3.16. The number of sulfone groups is 1. The van der Waals surface area contributed by atoms with Crippen LogP contribution in [0.5, 0.6) is 0 Å². The van der Waals surface area contributed by atoms with E-state index in [1.807, 2.05) is 24.3 Å². The standard InChI is InChI=1S/C17H16N2O3S3/c1-10-8-13(12-6-7-23-17(12)25(10,21)22)18-16(20)9-14-11-4-2-3-5-15(11)24-19-14/h2-7,10,13H,8-9H2,1H3,(H,18,20)/t10-,13-/m0/s1. The molecule has 1 amide bonds. The van der Waals surface area contributed by atoms with Gasteiger partial charge in [0.05, 0.1) is 28.1 Å². The zero-order valence-corrected chi connectivity index (χ0v) is 15.9. The Morgan fingerprint density at radius 3 is 2.96 bits per heavy atom. The molecule has 2 atom stereocenters. The third kappa shape index (κ3) is 2.88. The Morgan fingerprint density at radius 2 is 2.12 bits per heavy atom. The van der Waals surface area contributed by atoms with E-state index in [-0.39, 0.29) is 18.4 Å². The van der Waals surface area contributed by atoms with Gasteiger partial charge in [0.25, 0.3) is 0 Å². The van der Waals surface area contributed by atoms with Gasteiger partial charge in [0.1, 0.15) is 4.21 Å². The molecule has 1 aliphatic heterocycles. The number of nitrogens with one attached hydrogen (secondary N) is 1. The Hall–Kier alpha value is -1.77. The summed E-state index contributed by atoms with van der Waals surface area (Å²) in [5.41, 5.74) is 1.47. The van der Waals surface area contributed by atoms with Crippen molar-refractivity contribution in [3.8, 4) is 0 Å². The number of hydrogen-bond donors (Lipinski definition) is 1. The average molecular weight is 393 g/mol. The molecule has 0 spiro atoms. The Kier molecular flexibility index (Phi) is 4.13. The average Bonchev–Trinajstić information content (AvgIpc) is 3.21. The smallest absolute Gasteiger partial charge is 0.226 e. The molecule has 1 aliphatic rings. The van der Waals surface area contributed by atoms with Crippen LogP contribution in [0.2, 0.25) is 0 Å². The summed E-state index contributed by atoms with van der Waals surface area (Å²) in [7, 11) is -3.27. The zero-order valence-electron chi connectivity index (χ0n) is 13.4. The topological polar surface area (TPSA) is 76.1 Å². The third-order valence-electron chi connectivity index (χ3n) is 4.50. The van der Waals surface area contributed by atoms with Gasteiger partial charge in [0.15, 0.2) is 9.84 Å². The number of thiophene rings is 1. The fraction of sp³-hybridized carbons (Fsp3) is 0.294. The highest BCUT2D eigenvalue weighted by atomic mass is 32.2. The second kappa shape index (κ2) is 6.19. The van der Waals surface area contributed by atoms with E-state index >= 15 is 0 Å². The van der Waals surface area contributed by atoms with E-state index in [2.05, 4.69) is 9.69 Å². The summed E-state index contributed by atoms with van der Waals surface area (Å²) in [6.45, 7) is 1.70. The molecule has 1 N–H and O–H groups in total. The number of rotatable bonds is 3. The van der Waals surface area contributed by atoms with E-state index in [9.17, 15) is 13.2 Å². The summed E-state index contributed by atoms with van der Waals surface area (Å²) in [6.07, 6.45) is 0.594. The second-order valence-corrected chi connectivity index (χ2v) is 10.5. The van der Waals surface area contributed by atoms with Crippen LogP contribution in [0.3, 0.4) is 0 Å². The molecule has 0 saturated carbocycles. The SMILES string of the molecule is C[C@H]1C[C@H](NC(=O)Cc2nsc3ccccc23)c2ccsc2S1(=O)=O. The normalized spacial score (nSPS) is 21.8. The van der Waals surface area contributed by atoms with Gasteiger partial charge in [-0.05, 0) is 42.4 Å². The molecule has 8 heteroatoms. The first kappa shape index (κ1) is 16.7. The molecular formula is C17H16N2O3S3. The molecule has 0 radical (unpaired) electrons. The third-order valence-corrected chi connectivity index (χ3v) is 9.08. The molecule has 3 aromatic rings. The molecule has 25 heavy (non-hydrogen) atoms. The molecule has 1 aromatic carbocycles. The van der Waals surface area contributed by atoms with Crippen LogP contribution in [0.4, 0.5) is 0 Å². The number of nitrogens with zero attached hydrogens (tertiary/aromatic N) is 1. The van der Waals surface area contributed by atoms with E-state index in [1.54, 1.807) is 18.4 Å². The number of benzene rings is 1. The van der Waals surface area contributed by atoms with Crippen molar-refractivity contribution < 1.29 is 13.2 Å². The van der Waals surface area contributed by atoms with Crippen LogP contribution in [-0.4, -0.2) is 23.9 Å². The van der Waals surface area contributed by atoms with Gasteiger partial charge in [-0.25, -0.2) is 8.42 Å². The highest BCUT2D eigenvalue weighted by molar-refractivity contribution is 7.94. The monoisotopic (exact) mass is 392 g/mol. The molecule has 0 aliphatic carbocycles. The number of hydrogen-bond acceptors (Lipinski definition) is 6. The minimum Gasteiger partial charge on any atom is -0.349 e. The maximum absolute atomic E-state index is 12.5. The van der Waals surface area contributed by atoms with Crippen molar-refractivity contribution >= 4 is 48.7 Å². The van der Waals surface area contributed by atoms with Gasteiger partial charge in [-0.2, -0.15) is 4.37 Å². The van der Waals surface area contributed by atoms with Crippen LogP contribution in [0, 0.1) is 0 Å².